The Bertz CT molecular complexity index is 1500. The third-order valence-corrected chi connectivity index (χ3v) is 6.68. The molecule has 2 amide bonds. The molecule has 0 aliphatic heterocycles. The van der Waals surface area contributed by atoms with Crippen molar-refractivity contribution >= 4 is 35.0 Å². The highest BCUT2D eigenvalue weighted by Crippen LogP contribution is 2.30. The third-order valence-electron chi connectivity index (χ3n) is 5.94. The molecule has 39 heavy (non-hydrogen) atoms. The number of amides is 2. The first-order chi connectivity index (χ1) is 18.8. The lowest BCUT2D eigenvalue weighted by Crippen LogP contribution is -2.66. The van der Waals surface area contributed by atoms with Gasteiger partial charge in [-0.25, -0.2) is 9.48 Å². The van der Waals surface area contributed by atoms with Gasteiger partial charge in [-0.15, -0.1) is 0 Å². The maximum atomic E-state index is 12.6. The summed E-state index contributed by atoms with van der Waals surface area (Å²) >= 11 is 12.3. The van der Waals surface area contributed by atoms with Crippen molar-refractivity contribution in [2.45, 2.75) is 25.3 Å². The molecule has 0 aliphatic rings. The molecule has 4 rings (SSSR count). The average Bonchev–Trinajstić information content (AvgIpc) is 3.37. The zero-order valence-corrected chi connectivity index (χ0v) is 22.5. The van der Waals surface area contributed by atoms with E-state index in [1.54, 1.807) is 47.1 Å². The van der Waals surface area contributed by atoms with Crippen LogP contribution >= 0.6 is 23.2 Å². The predicted octanol–water partition coefficient (Wildman–Crippen LogP) is 4.37. The molecule has 0 bridgehead atoms. The van der Waals surface area contributed by atoms with Gasteiger partial charge in [-0.2, -0.15) is 10.4 Å². The van der Waals surface area contributed by atoms with Gasteiger partial charge < -0.3 is 10.1 Å². The standard InChI is InChI=1S/C29H25Cl2N5O3/c30-23-13-12-22(16-24(23)31)36-28(17-25(35-36)21-5-2-1-3-6-21)39-14-4-7-27(37)34-26(29(33)38)15-19-8-10-20(18-32)11-9-19/h1-3,5-6,8-13,16-17,26H,4,7,14-15H2,(H2,33,38)(H,34,37)/p+1. The first-order valence-electron chi connectivity index (χ1n) is 12.2. The fourth-order valence-electron chi connectivity index (χ4n) is 3.89. The molecule has 0 saturated heterocycles. The van der Waals surface area contributed by atoms with E-state index in [4.69, 9.17) is 38.3 Å². The number of nitrogens with zero attached hydrogens (tertiary/aromatic N) is 3. The molecule has 1 aromatic heterocycles. The molecule has 10 heteroatoms. The molecule has 0 fully saturated rings. The van der Waals surface area contributed by atoms with E-state index in [1.807, 2.05) is 36.4 Å². The molecule has 1 unspecified atom stereocenters. The van der Waals surface area contributed by atoms with Gasteiger partial charge in [0.1, 0.15) is 6.04 Å². The van der Waals surface area contributed by atoms with Gasteiger partial charge in [-0.05, 0) is 42.3 Å². The van der Waals surface area contributed by atoms with E-state index in [9.17, 15) is 9.59 Å². The summed E-state index contributed by atoms with van der Waals surface area (Å²) in [6.45, 7) is 0.243. The Morgan fingerprint density at radius 3 is 2.44 bits per heavy atom. The lowest BCUT2D eigenvalue weighted by molar-refractivity contribution is -0.308. The number of benzene rings is 3. The Labute approximate surface area is 235 Å². The van der Waals surface area contributed by atoms with Gasteiger partial charge in [0.15, 0.2) is 0 Å². The third kappa shape index (κ3) is 7.45. The molecule has 3 aromatic carbocycles. The molecular formula is C29H26Cl2N5O3+. The van der Waals surface area contributed by atoms with Crippen molar-refractivity contribution in [3.63, 3.8) is 0 Å². The molecule has 0 spiro atoms. The highest BCUT2D eigenvalue weighted by molar-refractivity contribution is 6.42. The van der Waals surface area contributed by atoms with E-state index in [2.05, 4.69) is 17.1 Å². The van der Waals surface area contributed by atoms with E-state index in [1.165, 1.54) is 0 Å². The van der Waals surface area contributed by atoms with Gasteiger partial charge in [0.05, 0.1) is 39.7 Å². The van der Waals surface area contributed by atoms with Crippen LogP contribution in [0.5, 0.6) is 5.88 Å². The van der Waals surface area contributed by atoms with Crippen molar-refractivity contribution in [1.29, 1.82) is 5.26 Å². The van der Waals surface area contributed by atoms with Gasteiger partial charge in [0.25, 0.3) is 0 Å². The number of carbonyl (C=O) groups excluding carboxylic acids is 2. The molecule has 0 saturated carbocycles. The average molecular weight is 563 g/mol. The fourth-order valence-corrected chi connectivity index (χ4v) is 4.18. The van der Waals surface area contributed by atoms with Crippen molar-refractivity contribution in [3.8, 4) is 28.9 Å². The fraction of sp³-hybridized carbons (Fsp3) is 0.172. The Balaban J connectivity index is 1.38. The highest BCUT2D eigenvalue weighted by atomic mass is 35.5. The van der Waals surface area contributed by atoms with Crippen molar-refractivity contribution in [2.75, 3.05) is 6.61 Å². The zero-order chi connectivity index (χ0) is 27.8. The van der Waals surface area contributed by atoms with E-state index in [-0.39, 0.29) is 24.8 Å². The predicted molar refractivity (Wildman–Crippen MR) is 148 cm³/mol. The van der Waals surface area contributed by atoms with Gasteiger partial charge >= 0.3 is 5.91 Å². The summed E-state index contributed by atoms with van der Waals surface area (Å²) in [7, 11) is 0. The molecule has 4 aromatic rings. The zero-order valence-electron chi connectivity index (χ0n) is 20.9. The van der Waals surface area contributed by atoms with Gasteiger partial charge in [-0.1, -0.05) is 65.7 Å². The van der Waals surface area contributed by atoms with Crippen LogP contribution in [0.3, 0.4) is 0 Å². The number of carbonyl (C=O) groups is 2. The number of nitrogens with one attached hydrogen (secondary N) is 1. The summed E-state index contributed by atoms with van der Waals surface area (Å²) in [6.07, 6.45) is 0.860. The Morgan fingerprint density at radius 1 is 1.03 bits per heavy atom. The van der Waals surface area contributed by atoms with Crippen LogP contribution in [0.2, 0.25) is 10.0 Å². The van der Waals surface area contributed by atoms with Crippen LogP contribution in [0.4, 0.5) is 0 Å². The second kappa shape index (κ2) is 13.1. The lowest BCUT2D eigenvalue weighted by atomic mass is 10.0. The minimum Gasteiger partial charge on any atom is -0.478 e. The summed E-state index contributed by atoms with van der Waals surface area (Å²) in [6, 6.07) is 24.9. The SMILES string of the molecule is N#Cc1ccc(CC(NC(=O)CCCOc2cc(-c3ccccc3)nn2-c2ccc(Cl)c(Cl)c2)C([NH3+])=O)cc1. The molecule has 0 radical (unpaired) electrons. The van der Waals surface area contributed by atoms with Crippen LogP contribution in [0.1, 0.15) is 24.0 Å². The number of hydrogen-bond acceptors (Lipinski definition) is 5. The van der Waals surface area contributed by atoms with Crippen LogP contribution in [0, 0.1) is 11.3 Å². The summed E-state index contributed by atoms with van der Waals surface area (Å²) < 4.78 is 7.66. The minimum absolute atomic E-state index is 0.156. The number of quaternary nitrogens is 1. The van der Waals surface area contributed by atoms with E-state index >= 15 is 0 Å². The quantitative estimate of drug-likeness (QED) is 0.262. The normalized spacial score (nSPS) is 11.4. The second-order valence-corrected chi connectivity index (χ2v) is 9.61. The number of ether oxygens (including phenoxy) is 1. The molecule has 8 nitrogen and oxygen atoms in total. The summed E-state index contributed by atoms with van der Waals surface area (Å²) in [4.78, 5) is 24.6. The van der Waals surface area contributed by atoms with Gasteiger partial charge in [0, 0.05) is 24.5 Å². The van der Waals surface area contributed by atoms with Crippen molar-refractivity contribution < 1.29 is 20.1 Å². The van der Waals surface area contributed by atoms with E-state index in [0.717, 1.165) is 11.1 Å². The second-order valence-electron chi connectivity index (χ2n) is 8.80. The Morgan fingerprint density at radius 2 is 1.77 bits per heavy atom. The first kappa shape index (κ1) is 27.9. The Kier molecular flexibility index (Phi) is 9.34. The molecular weight excluding hydrogens is 537 g/mol. The van der Waals surface area contributed by atoms with Gasteiger partial charge in [-0.3, -0.25) is 10.5 Å². The number of halogens is 2. The monoisotopic (exact) mass is 562 g/mol. The van der Waals surface area contributed by atoms with Gasteiger partial charge in [0.2, 0.25) is 11.8 Å². The van der Waals surface area contributed by atoms with E-state index < -0.39 is 6.04 Å². The molecule has 1 heterocycles. The highest BCUT2D eigenvalue weighted by Gasteiger charge is 2.21. The molecule has 198 valence electrons. The molecule has 4 N–H and O–H groups in total. The molecule has 0 aliphatic carbocycles. The Hall–Kier alpha value is -4.16. The topological polar surface area (TPSA) is 125 Å². The van der Waals surface area contributed by atoms with Crippen molar-refractivity contribution in [1.82, 2.24) is 15.1 Å². The first-order valence-corrected chi connectivity index (χ1v) is 13.0. The maximum absolute atomic E-state index is 12.6. The van der Waals surface area contributed by atoms with Crippen LogP contribution in [-0.4, -0.2) is 34.2 Å². The largest absolute Gasteiger partial charge is 0.478 e. The number of nitriles is 1. The number of rotatable bonds is 11. The van der Waals surface area contributed by atoms with E-state index in [0.29, 0.717) is 45.7 Å². The number of hydrogen-bond donors (Lipinski definition) is 2. The van der Waals surface area contributed by atoms with Crippen molar-refractivity contribution in [3.05, 3.63) is 100 Å². The van der Waals surface area contributed by atoms with Crippen molar-refractivity contribution in [2.24, 2.45) is 0 Å². The van der Waals surface area contributed by atoms with Crippen LogP contribution < -0.4 is 15.8 Å². The maximum Gasteiger partial charge on any atom is 0.331 e. The number of aromatic nitrogens is 2. The summed E-state index contributed by atoms with van der Waals surface area (Å²) in [5.41, 5.74) is 7.14. The molecule has 1 atom stereocenters. The lowest BCUT2D eigenvalue weighted by Gasteiger charge is -2.14. The minimum atomic E-state index is -0.754. The van der Waals surface area contributed by atoms with Crippen LogP contribution in [-0.2, 0) is 16.0 Å². The summed E-state index contributed by atoms with van der Waals surface area (Å²) in [5.74, 6) is -0.181. The van der Waals surface area contributed by atoms with Crippen LogP contribution in [0.15, 0.2) is 78.9 Å². The van der Waals surface area contributed by atoms with Crippen LogP contribution in [0.25, 0.3) is 16.9 Å². The summed E-state index contributed by atoms with van der Waals surface area (Å²) in [5, 5.41) is 17.2. The smallest absolute Gasteiger partial charge is 0.331 e.